The highest BCUT2D eigenvalue weighted by atomic mass is 31.2. The second-order valence-electron chi connectivity index (χ2n) is 12.7. The molecule has 0 spiro atoms. The number of carbonyl (C=O) groups excluding carboxylic acids is 1. The molecule has 51 heavy (non-hydrogen) atoms. The number of nitrogens with two attached hydrogens (primary N) is 1. The SMILES string of the molecule is CC/C=C\C/C=C\C/C=C\C/C=C\CCC(=O)NC(COP(=O)(O)OCCN)C(O)/C=C/CC/C=C/CC/C=C/CCCCCCCCCCC. The van der Waals surface area contributed by atoms with Gasteiger partial charge in [-0.05, 0) is 70.6 Å². The summed E-state index contributed by atoms with van der Waals surface area (Å²) in [6, 6.07) is -0.925. The Kier molecular flexibility index (Phi) is 35.7. The van der Waals surface area contributed by atoms with Crippen molar-refractivity contribution in [2.75, 3.05) is 19.8 Å². The summed E-state index contributed by atoms with van der Waals surface area (Å²) >= 11 is 0. The smallest absolute Gasteiger partial charge is 0.387 e. The summed E-state index contributed by atoms with van der Waals surface area (Å²) in [7, 11) is -4.37. The molecule has 3 atom stereocenters. The molecule has 8 nitrogen and oxygen atoms in total. The van der Waals surface area contributed by atoms with Crippen LogP contribution in [-0.4, -0.2) is 47.8 Å². The summed E-state index contributed by atoms with van der Waals surface area (Å²) < 4.78 is 22.0. The van der Waals surface area contributed by atoms with E-state index in [1.807, 2.05) is 18.2 Å². The van der Waals surface area contributed by atoms with Gasteiger partial charge in [-0.15, -0.1) is 0 Å². The topological polar surface area (TPSA) is 131 Å². The number of amides is 1. The van der Waals surface area contributed by atoms with Gasteiger partial charge in [0.05, 0.1) is 25.4 Å². The van der Waals surface area contributed by atoms with Gasteiger partial charge in [-0.1, -0.05) is 150 Å². The van der Waals surface area contributed by atoms with Gasteiger partial charge in [-0.3, -0.25) is 13.8 Å². The molecule has 0 aromatic heterocycles. The fourth-order valence-electron chi connectivity index (χ4n) is 5.00. The number of nitrogens with one attached hydrogen (secondary N) is 1. The van der Waals surface area contributed by atoms with E-state index in [1.54, 1.807) is 6.08 Å². The third-order valence-corrected chi connectivity index (χ3v) is 8.93. The van der Waals surface area contributed by atoms with Gasteiger partial charge < -0.3 is 21.1 Å². The predicted octanol–water partition coefficient (Wildman–Crippen LogP) is 10.7. The van der Waals surface area contributed by atoms with Crippen molar-refractivity contribution in [3.8, 4) is 0 Å². The normalized spacial score (nSPS) is 15.2. The zero-order valence-electron chi connectivity index (χ0n) is 32.1. The lowest BCUT2D eigenvalue weighted by Gasteiger charge is -2.23. The summed E-state index contributed by atoms with van der Waals surface area (Å²) in [5.41, 5.74) is 5.35. The quantitative estimate of drug-likeness (QED) is 0.0290. The van der Waals surface area contributed by atoms with Crippen LogP contribution in [0.25, 0.3) is 0 Å². The first-order chi connectivity index (χ1) is 24.9. The van der Waals surface area contributed by atoms with Crippen molar-refractivity contribution >= 4 is 13.7 Å². The average molecular weight is 733 g/mol. The third kappa shape index (κ3) is 35.9. The molecule has 0 aromatic carbocycles. The molecule has 0 radical (unpaired) electrons. The van der Waals surface area contributed by atoms with E-state index in [0.717, 1.165) is 44.9 Å². The maximum absolute atomic E-state index is 12.7. The number of hydrogen-bond donors (Lipinski definition) is 4. The highest BCUT2D eigenvalue weighted by Crippen LogP contribution is 2.43. The number of phosphoric ester groups is 1. The molecule has 0 saturated heterocycles. The summed E-state index contributed by atoms with van der Waals surface area (Å²) in [5, 5.41) is 13.5. The Hall–Kier alpha value is -2.32. The molecular formula is C42H73N2O6P. The van der Waals surface area contributed by atoms with Gasteiger partial charge in [0.2, 0.25) is 5.91 Å². The van der Waals surface area contributed by atoms with Crippen LogP contribution in [0.2, 0.25) is 0 Å². The van der Waals surface area contributed by atoms with Crippen LogP contribution in [-0.2, 0) is 18.4 Å². The van der Waals surface area contributed by atoms with E-state index < -0.39 is 26.6 Å². The van der Waals surface area contributed by atoms with E-state index in [4.69, 9.17) is 14.8 Å². The minimum Gasteiger partial charge on any atom is -0.387 e. The predicted molar refractivity (Wildman–Crippen MR) is 216 cm³/mol. The summed E-state index contributed by atoms with van der Waals surface area (Å²) in [6.07, 6.45) is 49.4. The Morgan fingerprint density at radius 3 is 1.73 bits per heavy atom. The van der Waals surface area contributed by atoms with Crippen LogP contribution in [0.5, 0.6) is 0 Å². The van der Waals surface area contributed by atoms with E-state index in [9.17, 15) is 19.4 Å². The van der Waals surface area contributed by atoms with Crippen LogP contribution in [0.3, 0.4) is 0 Å². The average Bonchev–Trinajstić information content (AvgIpc) is 3.12. The van der Waals surface area contributed by atoms with Gasteiger partial charge in [0, 0.05) is 13.0 Å². The Balaban J connectivity index is 4.48. The van der Waals surface area contributed by atoms with Crippen LogP contribution >= 0.6 is 7.82 Å². The largest absolute Gasteiger partial charge is 0.472 e. The maximum Gasteiger partial charge on any atom is 0.472 e. The molecule has 3 unspecified atom stereocenters. The lowest BCUT2D eigenvalue weighted by Crippen LogP contribution is -2.45. The number of aliphatic hydroxyl groups is 1. The first-order valence-electron chi connectivity index (χ1n) is 19.7. The molecule has 0 aliphatic carbocycles. The van der Waals surface area contributed by atoms with E-state index in [2.05, 4.69) is 79.9 Å². The van der Waals surface area contributed by atoms with Crippen molar-refractivity contribution in [3.05, 3.63) is 85.1 Å². The molecule has 0 aromatic rings. The highest BCUT2D eigenvalue weighted by Gasteiger charge is 2.26. The zero-order chi connectivity index (χ0) is 37.5. The molecule has 5 N–H and O–H groups in total. The first-order valence-corrected chi connectivity index (χ1v) is 21.2. The van der Waals surface area contributed by atoms with Crippen molar-refractivity contribution < 1.29 is 28.4 Å². The monoisotopic (exact) mass is 733 g/mol. The highest BCUT2D eigenvalue weighted by molar-refractivity contribution is 7.47. The zero-order valence-corrected chi connectivity index (χ0v) is 32.9. The molecule has 0 aliphatic rings. The summed E-state index contributed by atoms with van der Waals surface area (Å²) in [4.78, 5) is 22.6. The van der Waals surface area contributed by atoms with Gasteiger partial charge in [0.15, 0.2) is 0 Å². The van der Waals surface area contributed by atoms with Crippen molar-refractivity contribution in [1.82, 2.24) is 5.32 Å². The number of phosphoric acid groups is 1. The van der Waals surface area contributed by atoms with E-state index in [1.165, 1.54) is 64.2 Å². The molecule has 0 heterocycles. The molecule has 9 heteroatoms. The van der Waals surface area contributed by atoms with Crippen molar-refractivity contribution in [1.29, 1.82) is 0 Å². The molecule has 1 amide bonds. The molecule has 0 saturated carbocycles. The van der Waals surface area contributed by atoms with Crippen LogP contribution in [0.15, 0.2) is 85.1 Å². The lowest BCUT2D eigenvalue weighted by molar-refractivity contribution is -0.122. The van der Waals surface area contributed by atoms with E-state index in [-0.39, 0.29) is 25.5 Å². The Morgan fingerprint density at radius 1 is 0.667 bits per heavy atom. The van der Waals surface area contributed by atoms with Gasteiger partial charge in [-0.2, -0.15) is 0 Å². The molecule has 0 bridgehead atoms. The van der Waals surface area contributed by atoms with Crippen LogP contribution in [0, 0.1) is 0 Å². The Labute approximate surface area is 311 Å². The van der Waals surface area contributed by atoms with Crippen molar-refractivity contribution in [3.63, 3.8) is 0 Å². The molecular weight excluding hydrogens is 659 g/mol. The second kappa shape index (κ2) is 37.4. The first kappa shape index (κ1) is 48.7. The van der Waals surface area contributed by atoms with E-state index >= 15 is 0 Å². The number of unbranched alkanes of at least 4 members (excludes halogenated alkanes) is 11. The number of allylic oxidation sites excluding steroid dienone is 13. The van der Waals surface area contributed by atoms with Crippen LogP contribution < -0.4 is 11.1 Å². The van der Waals surface area contributed by atoms with Gasteiger partial charge in [-0.25, -0.2) is 4.57 Å². The maximum atomic E-state index is 12.7. The fraction of sp³-hybridized carbons (Fsp3) is 0.643. The second-order valence-corrected chi connectivity index (χ2v) is 14.2. The fourth-order valence-corrected chi connectivity index (χ4v) is 5.75. The number of rotatable bonds is 35. The Bertz CT molecular complexity index is 1070. The molecule has 0 aliphatic heterocycles. The number of hydrogen-bond acceptors (Lipinski definition) is 6. The minimum atomic E-state index is -4.37. The summed E-state index contributed by atoms with van der Waals surface area (Å²) in [6.45, 7) is 3.90. The molecule has 0 fully saturated rings. The summed E-state index contributed by atoms with van der Waals surface area (Å²) in [5.74, 6) is -0.292. The Morgan fingerprint density at radius 2 is 1.16 bits per heavy atom. The standard InChI is InChI=1S/C42H73N2O6P/c1-3-5-7-9-11-13-15-17-18-19-20-21-22-24-25-27-29-31-33-35-41(45)40(39-50-51(47,48)49-38-37-43)44-42(46)36-34-32-30-28-26-23-16-14-12-10-8-6-4-2/h6,8,12,14,20-21,23,25-27,30,32-33,35,40-41,45H,3-5,7,9-11,13,15-19,22,24,28-29,31,34,36-39,43H2,1-2H3,(H,44,46)(H,47,48)/b8-6-,14-12-,21-20+,26-23-,27-25+,32-30-,35-33+. The van der Waals surface area contributed by atoms with E-state index in [0.29, 0.717) is 12.8 Å². The van der Waals surface area contributed by atoms with Crippen molar-refractivity contribution in [2.45, 2.75) is 154 Å². The van der Waals surface area contributed by atoms with Crippen LogP contribution in [0.1, 0.15) is 142 Å². The van der Waals surface area contributed by atoms with Gasteiger partial charge >= 0.3 is 7.82 Å². The molecule has 292 valence electrons. The third-order valence-electron chi connectivity index (χ3n) is 7.95. The minimum absolute atomic E-state index is 0.0568. The van der Waals surface area contributed by atoms with Crippen molar-refractivity contribution in [2.24, 2.45) is 5.73 Å². The van der Waals surface area contributed by atoms with Gasteiger partial charge in [0.1, 0.15) is 0 Å². The van der Waals surface area contributed by atoms with Gasteiger partial charge in [0.25, 0.3) is 0 Å². The molecule has 0 rings (SSSR count). The number of aliphatic hydroxyl groups excluding tert-OH is 1. The lowest BCUT2D eigenvalue weighted by atomic mass is 10.1. The van der Waals surface area contributed by atoms with Crippen LogP contribution in [0.4, 0.5) is 0 Å². The number of carbonyl (C=O) groups is 1.